The minimum atomic E-state index is -0.111. The van der Waals surface area contributed by atoms with E-state index in [0.717, 1.165) is 34.5 Å². The van der Waals surface area contributed by atoms with Crippen molar-refractivity contribution in [2.45, 2.75) is 32.3 Å². The van der Waals surface area contributed by atoms with Crippen LogP contribution in [-0.2, 0) is 11.2 Å². The van der Waals surface area contributed by atoms with Crippen LogP contribution in [-0.4, -0.2) is 31.5 Å². The van der Waals surface area contributed by atoms with E-state index in [1.807, 2.05) is 66.9 Å². The molecule has 1 amide bonds. The molecule has 7 heteroatoms. The van der Waals surface area contributed by atoms with Crippen LogP contribution in [0.15, 0.2) is 71.9 Å². The number of hydrogen-bond donors (Lipinski definition) is 2. The molecule has 168 valence electrons. The molecule has 0 spiro atoms. The molecule has 0 aliphatic heterocycles. The molecule has 4 aromatic rings. The van der Waals surface area contributed by atoms with Gasteiger partial charge in [0.2, 0.25) is 5.91 Å². The molecular weight excluding hydrogens is 432 g/mol. The lowest BCUT2D eigenvalue weighted by Crippen LogP contribution is -2.15. The molecule has 0 radical (unpaired) electrons. The maximum Gasteiger partial charge on any atom is 0.234 e. The number of anilines is 1. The summed E-state index contributed by atoms with van der Waals surface area (Å²) in [5, 5.41) is 22.8. The molecule has 33 heavy (non-hydrogen) atoms. The van der Waals surface area contributed by atoms with Crippen LogP contribution in [0.4, 0.5) is 5.69 Å². The second-order valence-corrected chi connectivity index (χ2v) is 8.74. The van der Waals surface area contributed by atoms with Gasteiger partial charge in [0.25, 0.3) is 0 Å². The minimum absolute atomic E-state index is 0.111. The molecule has 1 aromatic heterocycles. The smallest absolute Gasteiger partial charge is 0.234 e. The largest absolute Gasteiger partial charge is 0.507 e. The quantitative estimate of drug-likeness (QED) is 0.355. The fourth-order valence-corrected chi connectivity index (χ4v) is 4.49. The standard InChI is InChI=1S/C26H26N4O2S/c1-4-19-9-5-7-11-21(19)27-24(32)16-33-26-29-28-25(20-10-6-8-12-23(20)31)30(26)22-14-13-17(2)15-18(22)3/h5-15,31H,4,16H2,1-3H3,(H,27,32). The van der Waals surface area contributed by atoms with Crippen LogP contribution < -0.4 is 5.32 Å². The number of nitrogens with zero attached hydrogens (tertiary/aromatic N) is 3. The van der Waals surface area contributed by atoms with Gasteiger partial charge in [-0.1, -0.05) is 66.7 Å². The average molecular weight is 459 g/mol. The Balaban J connectivity index is 1.66. The normalized spacial score (nSPS) is 10.9. The first-order valence-electron chi connectivity index (χ1n) is 10.8. The van der Waals surface area contributed by atoms with Gasteiger partial charge in [-0.25, -0.2) is 0 Å². The Bertz CT molecular complexity index is 1300. The summed E-state index contributed by atoms with van der Waals surface area (Å²) in [6.07, 6.45) is 0.842. The van der Waals surface area contributed by atoms with Gasteiger partial charge >= 0.3 is 0 Å². The number of aromatic hydroxyl groups is 1. The summed E-state index contributed by atoms with van der Waals surface area (Å²) in [4.78, 5) is 12.7. The van der Waals surface area contributed by atoms with E-state index in [1.54, 1.807) is 12.1 Å². The van der Waals surface area contributed by atoms with Crippen molar-refractivity contribution in [1.29, 1.82) is 0 Å². The van der Waals surface area contributed by atoms with E-state index in [9.17, 15) is 9.90 Å². The monoisotopic (exact) mass is 458 g/mol. The Hall–Kier alpha value is -3.58. The summed E-state index contributed by atoms with van der Waals surface area (Å²) in [5.74, 6) is 0.725. The maximum atomic E-state index is 12.7. The van der Waals surface area contributed by atoms with Crippen LogP contribution >= 0.6 is 11.8 Å². The number of thioether (sulfide) groups is 1. The molecule has 0 aliphatic carbocycles. The fraction of sp³-hybridized carbons (Fsp3) is 0.192. The summed E-state index contributed by atoms with van der Waals surface area (Å²) < 4.78 is 1.90. The van der Waals surface area contributed by atoms with Gasteiger partial charge in [-0.3, -0.25) is 9.36 Å². The van der Waals surface area contributed by atoms with Crippen molar-refractivity contribution in [3.8, 4) is 22.8 Å². The molecule has 6 nitrogen and oxygen atoms in total. The number of para-hydroxylation sites is 2. The number of phenolic OH excluding ortho intramolecular Hbond substituents is 1. The summed E-state index contributed by atoms with van der Waals surface area (Å²) in [7, 11) is 0. The lowest BCUT2D eigenvalue weighted by molar-refractivity contribution is -0.113. The molecule has 0 bridgehead atoms. The summed E-state index contributed by atoms with van der Waals surface area (Å²) >= 11 is 1.31. The Morgan fingerprint density at radius 2 is 1.79 bits per heavy atom. The zero-order valence-electron chi connectivity index (χ0n) is 18.9. The summed E-state index contributed by atoms with van der Waals surface area (Å²) in [6.45, 7) is 6.13. The highest BCUT2D eigenvalue weighted by molar-refractivity contribution is 7.99. The zero-order chi connectivity index (χ0) is 23.4. The van der Waals surface area contributed by atoms with Crippen molar-refractivity contribution in [1.82, 2.24) is 14.8 Å². The summed E-state index contributed by atoms with van der Waals surface area (Å²) in [5.41, 5.74) is 5.61. The number of benzene rings is 3. The van der Waals surface area contributed by atoms with E-state index >= 15 is 0 Å². The van der Waals surface area contributed by atoms with E-state index in [1.165, 1.54) is 11.8 Å². The van der Waals surface area contributed by atoms with Crippen LogP contribution in [0, 0.1) is 13.8 Å². The molecular formula is C26H26N4O2S. The van der Waals surface area contributed by atoms with Crippen LogP contribution in [0.25, 0.3) is 17.1 Å². The van der Waals surface area contributed by atoms with Gasteiger partial charge < -0.3 is 10.4 Å². The average Bonchev–Trinajstić information content (AvgIpc) is 3.22. The van der Waals surface area contributed by atoms with Gasteiger partial charge in [-0.05, 0) is 55.7 Å². The molecule has 4 rings (SSSR count). The van der Waals surface area contributed by atoms with Gasteiger partial charge in [0.1, 0.15) is 5.75 Å². The van der Waals surface area contributed by atoms with Gasteiger partial charge in [0.15, 0.2) is 11.0 Å². The van der Waals surface area contributed by atoms with Gasteiger partial charge in [-0.15, -0.1) is 10.2 Å². The highest BCUT2D eigenvalue weighted by Crippen LogP contribution is 2.33. The first-order chi connectivity index (χ1) is 16.0. The van der Waals surface area contributed by atoms with Crippen molar-refractivity contribution in [3.05, 3.63) is 83.4 Å². The van der Waals surface area contributed by atoms with Crippen molar-refractivity contribution in [2.75, 3.05) is 11.1 Å². The Morgan fingerprint density at radius 1 is 1.03 bits per heavy atom. The number of rotatable bonds is 7. The van der Waals surface area contributed by atoms with Crippen LogP contribution in [0.5, 0.6) is 5.75 Å². The number of aromatic nitrogens is 3. The zero-order valence-corrected chi connectivity index (χ0v) is 19.7. The van der Waals surface area contributed by atoms with Gasteiger partial charge in [0, 0.05) is 5.69 Å². The summed E-state index contributed by atoms with van der Waals surface area (Å²) in [6, 6.07) is 21.0. The lowest BCUT2D eigenvalue weighted by atomic mass is 10.1. The fourth-order valence-electron chi connectivity index (χ4n) is 3.74. The predicted molar refractivity (Wildman–Crippen MR) is 133 cm³/mol. The van der Waals surface area contributed by atoms with Crippen LogP contribution in [0.2, 0.25) is 0 Å². The molecule has 0 saturated heterocycles. The van der Waals surface area contributed by atoms with E-state index in [-0.39, 0.29) is 17.4 Å². The van der Waals surface area contributed by atoms with Crippen molar-refractivity contribution >= 4 is 23.4 Å². The molecule has 3 aromatic carbocycles. The first kappa shape index (κ1) is 22.6. The topological polar surface area (TPSA) is 80.0 Å². The lowest BCUT2D eigenvalue weighted by Gasteiger charge is -2.14. The molecule has 1 heterocycles. The third-order valence-electron chi connectivity index (χ3n) is 5.38. The Morgan fingerprint density at radius 3 is 2.55 bits per heavy atom. The first-order valence-corrected chi connectivity index (χ1v) is 11.8. The van der Waals surface area contributed by atoms with E-state index in [4.69, 9.17) is 0 Å². The SMILES string of the molecule is CCc1ccccc1NC(=O)CSc1nnc(-c2ccccc2O)n1-c1ccc(C)cc1C. The number of aryl methyl sites for hydroxylation is 3. The third kappa shape index (κ3) is 4.93. The maximum absolute atomic E-state index is 12.7. The molecule has 0 saturated carbocycles. The van der Waals surface area contributed by atoms with Crippen LogP contribution in [0.1, 0.15) is 23.6 Å². The number of carbonyl (C=O) groups excluding carboxylic acids is 1. The van der Waals surface area contributed by atoms with Gasteiger partial charge in [0.05, 0.1) is 17.0 Å². The molecule has 2 N–H and O–H groups in total. The number of nitrogens with one attached hydrogen (secondary N) is 1. The molecule has 0 aliphatic rings. The Labute approximate surface area is 197 Å². The van der Waals surface area contributed by atoms with E-state index in [0.29, 0.717) is 16.5 Å². The molecule has 0 atom stereocenters. The number of phenols is 1. The number of hydrogen-bond acceptors (Lipinski definition) is 5. The van der Waals surface area contributed by atoms with Crippen molar-refractivity contribution < 1.29 is 9.90 Å². The second kappa shape index (κ2) is 9.92. The molecule has 0 fully saturated rings. The van der Waals surface area contributed by atoms with Gasteiger partial charge in [-0.2, -0.15) is 0 Å². The highest BCUT2D eigenvalue weighted by Gasteiger charge is 2.20. The minimum Gasteiger partial charge on any atom is -0.507 e. The predicted octanol–water partition coefficient (Wildman–Crippen LogP) is 5.55. The molecule has 0 unspecified atom stereocenters. The van der Waals surface area contributed by atoms with Crippen LogP contribution in [0.3, 0.4) is 0 Å². The number of amides is 1. The highest BCUT2D eigenvalue weighted by atomic mass is 32.2. The van der Waals surface area contributed by atoms with E-state index < -0.39 is 0 Å². The van der Waals surface area contributed by atoms with Crippen molar-refractivity contribution in [2.24, 2.45) is 0 Å². The second-order valence-electron chi connectivity index (χ2n) is 7.80. The third-order valence-corrected chi connectivity index (χ3v) is 6.31. The van der Waals surface area contributed by atoms with Crippen molar-refractivity contribution in [3.63, 3.8) is 0 Å². The van der Waals surface area contributed by atoms with E-state index in [2.05, 4.69) is 28.5 Å². The number of carbonyl (C=O) groups is 1. The Kier molecular flexibility index (Phi) is 6.79.